The van der Waals surface area contributed by atoms with Crippen LogP contribution in [0.15, 0.2) is 29.6 Å². The van der Waals surface area contributed by atoms with Gasteiger partial charge in [-0.15, -0.1) is 0 Å². The Morgan fingerprint density at radius 2 is 1.52 bits per heavy atom. The van der Waals surface area contributed by atoms with Crippen LogP contribution >= 0.6 is 0 Å². The van der Waals surface area contributed by atoms with Crippen LogP contribution in [-0.4, -0.2) is 51.5 Å². The third kappa shape index (κ3) is 10.6. The molecule has 3 aromatic heterocycles. The number of methoxy groups -OCH3 is 1. The minimum absolute atomic E-state index is 0.0818. The Morgan fingerprint density at radius 1 is 0.877 bits per heavy atom. The number of aliphatic hydroxyl groups excluding tert-OH is 1. The van der Waals surface area contributed by atoms with E-state index in [0.717, 1.165) is 69.4 Å². The van der Waals surface area contributed by atoms with E-state index in [1.807, 2.05) is 39.0 Å². The van der Waals surface area contributed by atoms with Gasteiger partial charge in [-0.2, -0.15) is 0 Å². The van der Waals surface area contributed by atoms with Crippen LogP contribution < -0.4 is 16.0 Å². The van der Waals surface area contributed by atoms with Crippen molar-refractivity contribution < 1.29 is 29.0 Å². The second-order valence-corrected chi connectivity index (χ2v) is 19.8. The number of rotatable bonds is 20. The van der Waals surface area contributed by atoms with Gasteiger partial charge in [0.2, 0.25) is 0 Å². The highest BCUT2D eigenvalue weighted by molar-refractivity contribution is 6.24. The number of allylic oxidation sites excluding steroid dienone is 3. The van der Waals surface area contributed by atoms with Crippen molar-refractivity contribution in [2.75, 3.05) is 13.7 Å². The summed E-state index contributed by atoms with van der Waals surface area (Å²) in [6, 6.07) is 0. The van der Waals surface area contributed by atoms with Gasteiger partial charge in [-0.3, -0.25) is 14.4 Å². The van der Waals surface area contributed by atoms with E-state index in [2.05, 4.69) is 75.3 Å². The molecule has 0 radical (unpaired) electrons. The highest BCUT2D eigenvalue weighted by Gasteiger charge is 2.48. The molecular formula is C55H76N4O6. The van der Waals surface area contributed by atoms with Crippen LogP contribution in [0.3, 0.4) is 0 Å². The molecule has 1 aliphatic carbocycles. The third-order valence-electron chi connectivity index (χ3n) is 14.7. The van der Waals surface area contributed by atoms with Crippen molar-refractivity contribution in [3.05, 3.63) is 96.5 Å². The van der Waals surface area contributed by atoms with Crippen LogP contribution in [0.5, 0.6) is 0 Å². The normalized spacial score (nSPS) is 22.3. The average molecular weight is 889 g/mol. The number of esters is 2. The Morgan fingerprint density at radius 3 is 2.17 bits per heavy atom. The molecule has 2 aliphatic heterocycles. The van der Waals surface area contributed by atoms with Crippen molar-refractivity contribution >= 4 is 47.3 Å². The molecule has 3 aromatic rings. The number of aromatic amines is 3. The molecule has 0 amide bonds. The van der Waals surface area contributed by atoms with Crippen molar-refractivity contribution in [3.8, 4) is 0 Å². The Balaban J connectivity index is 1.23. The molecule has 1 fully saturated rings. The van der Waals surface area contributed by atoms with Crippen LogP contribution in [0.2, 0.25) is 0 Å². The number of hydrogen-bond acceptors (Lipinski definition) is 7. The Labute approximate surface area is 387 Å². The van der Waals surface area contributed by atoms with E-state index in [1.54, 1.807) is 6.08 Å². The monoisotopic (exact) mass is 889 g/mol. The fourth-order valence-electron chi connectivity index (χ4n) is 10.5. The second-order valence-electron chi connectivity index (χ2n) is 19.8. The number of aromatic nitrogens is 3. The molecule has 352 valence electrons. The number of nitrogens with one attached hydrogen (secondary N) is 4. The van der Waals surface area contributed by atoms with Gasteiger partial charge < -0.3 is 34.8 Å². The summed E-state index contributed by atoms with van der Waals surface area (Å²) in [5, 5.41) is 17.0. The molecule has 3 aliphatic rings. The fraction of sp³-hybridized carbons (Fsp3) is 0.545. The van der Waals surface area contributed by atoms with Crippen LogP contribution in [0.25, 0.3) is 29.6 Å². The number of ketones is 1. The maximum atomic E-state index is 14.4. The summed E-state index contributed by atoms with van der Waals surface area (Å²) in [6.07, 6.45) is 20.3. The molecule has 5 N–H and O–H groups in total. The van der Waals surface area contributed by atoms with E-state index < -0.39 is 11.9 Å². The quantitative estimate of drug-likeness (QED) is 0.0431. The van der Waals surface area contributed by atoms with Gasteiger partial charge in [0.15, 0.2) is 11.5 Å². The lowest BCUT2D eigenvalue weighted by atomic mass is 9.85. The zero-order valence-electron chi connectivity index (χ0n) is 41.2. The van der Waals surface area contributed by atoms with E-state index in [9.17, 15) is 19.5 Å². The molecule has 10 nitrogen and oxygen atoms in total. The van der Waals surface area contributed by atoms with Crippen molar-refractivity contribution in [1.82, 2.24) is 20.3 Å². The first-order valence-corrected chi connectivity index (χ1v) is 24.4. The van der Waals surface area contributed by atoms with E-state index >= 15 is 0 Å². The molecular weight excluding hydrogens is 813 g/mol. The van der Waals surface area contributed by atoms with E-state index in [0.29, 0.717) is 57.9 Å². The standard InChI is InChI=1S/C55H76N4O6/c1-13-38-36(10)49-54(62)51-39(14-2)34(8)41(57-51)28-42-35(9)40(50(56-42)47-48(55(63)64-12)53(61)46-37(11)43(58-52(46)47)29-44(38)59-49)24-25-45(60)65-27-26-33(7)23-17-22-32(6)21-16-20-31(5)19-15-18-30(3)4/h14,26,28-32,35,40,48,56-59,62H,2,13,15-25,27H2,1,3-12H3/b33-26-,42-28-,44-29-,50-47-,54-49+/t31-,32-,35+,40+,48-/m1/s1. The summed E-state index contributed by atoms with van der Waals surface area (Å²) in [5.41, 5.74) is 10.7. The number of carbonyl (C=O) groups excluding carboxylic acids is 3. The number of aliphatic hydroxyl groups is 1. The molecule has 65 heavy (non-hydrogen) atoms. The van der Waals surface area contributed by atoms with Crippen LogP contribution in [0.4, 0.5) is 0 Å². The summed E-state index contributed by atoms with van der Waals surface area (Å²) in [5.74, 6) is -0.464. The number of H-pyrrole nitrogens is 3. The van der Waals surface area contributed by atoms with Gasteiger partial charge in [0, 0.05) is 63.1 Å². The zero-order valence-corrected chi connectivity index (χ0v) is 41.2. The van der Waals surface area contributed by atoms with Gasteiger partial charge in [-0.1, -0.05) is 105 Å². The minimum atomic E-state index is -1.18. The van der Waals surface area contributed by atoms with Gasteiger partial charge in [-0.05, 0) is 112 Å². The van der Waals surface area contributed by atoms with Gasteiger partial charge in [0.25, 0.3) is 0 Å². The third-order valence-corrected chi connectivity index (χ3v) is 14.7. The maximum absolute atomic E-state index is 14.4. The SMILES string of the molecule is C=Cc1c2[nH]c(c1C)/C=C1\N/C(=C3\c4[nH]c(c(C)c4C(=O)[C@@H]3C(=O)OC)/C=c3\[nH]/c(c(C)c3CC)=C\2O)[C@@H](CCC(=O)OC/C=C(/C)CCC[C@H](C)CCC[C@H](C)CCCC(C)C)[C@@H]1C. The topological polar surface area (TPSA) is 149 Å². The number of fused-ring (bicyclic) bond motifs is 7. The smallest absolute Gasteiger partial charge is 0.321 e. The molecule has 6 rings (SSSR count). The summed E-state index contributed by atoms with van der Waals surface area (Å²) >= 11 is 0. The van der Waals surface area contributed by atoms with Crippen molar-refractivity contribution in [3.63, 3.8) is 0 Å². The number of carbonyl (C=O) groups is 3. The van der Waals surface area contributed by atoms with Gasteiger partial charge in [0.1, 0.15) is 12.5 Å². The zero-order chi connectivity index (χ0) is 47.3. The first-order chi connectivity index (χ1) is 31.0. The molecule has 5 heterocycles. The predicted octanol–water partition coefficient (Wildman–Crippen LogP) is 11.0. The largest absolute Gasteiger partial charge is 0.504 e. The Hall–Kier alpha value is -5.25. The Bertz CT molecular complexity index is 2500. The first-order valence-electron chi connectivity index (χ1n) is 24.4. The number of Topliss-reactive ketones (excluding diaryl/α,β-unsaturated/α-hetero) is 1. The molecule has 0 saturated carbocycles. The lowest BCUT2D eigenvalue weighted by Gasteiger charge is -2.19. The van der Waals surface area contributed by atoms with E-state index in [1.165, 1.54) is 57.6 Å². The predicted molar refractivity (Wildman–Crippen MR) is 263 cm³/mol. The summed E-state index contributed by atoms with van der Waals surface area (Å²) in [4.78, 5) is 52.0. The fourth-order valence-corrected chi connectivity index (χ4v) is 10.5. The van der Waals surface area contributed by atoms with Gasteiger partial charge in [0.05, 0.1) is 23.8 Å². The first kappa shape index (κ1) is 49.2. The van der Waals surface area contributed by atoms with E-state index in [4.69, 9.17) is 9.47 Å². The second kappa shape index (κ2) is 21.4. The van der Waals surface area contributed by atoms with E-state index in [-0.39, 0.29) is 42.4 Å². The summed E-state index contributed by atoms with van der Waals surface area (Å²) < 4.78 is 11.1. The number of ether oxygens (including phenoxy) is 2. The van der Waals surface area contributed by atoms with Crippen LogP contribution in [-0.2, 0) is 25.5 Å². The molecule has 1 saturated heterocycles. The highest BCUT2D eigenvalue weighted by Crippen LogP contribution is 2.48. The lowest BCUT2D eigenvalue weighted by Crippen LogP contribution is -2.25. The van der Waals surface area contributed by atoms with Crippen molar-refractivity contribution in [2.45, 2.75) is 146 Å². The highest BCUT2D eigenvalue weighted by atomic mass is 16.5. The lowest BCUT2D eigenvalue weighted by molar-refractivity contribution is -0.143. The van der Waals surface area contributed by atoms with Crippen LogP contribution in [0.1, 0.15) is 180 Å². The molecule has 0 aromatic carbocycles. The molecule has 8 bridgehead atoms. The maximum Gasteiger partial charge on any atom is 0.321 e. The molecule has 0 spiro atoms. The minimum Gasteiger partial charge on any atom is -0.504 e. The summed E-state index contributed by atoms with van der Waals surface area (Å²) in [7, 11) is 1.31. The van der Waals surface area contributed by atoms with Crippen molar-refractivity contribution in [1.29, 1.82) is 0 Å². The number of hydrogen-bond donors (Lipinski definition) is 5. The average Bonchev–Trinajstić information content (AvgIpc) is 4.02. The summed E-state index contributed by atoms with van der Waals surface area (Å²) in [6.45, 7) is 25.9. The van der Waals surface area contributed by atoms with Crippen LogP contribution in [0, 0.1) is 56.3 Å². The van der Waals surface area contributed by atoms with Crippen molar-refractivity contribution in [2.24, 2.45) is 35.5 Å². The molecule has 0 unspecified atom stereocenters. The van der Waals surface area contributed by atoms with Gasteiger partial charge >= 0.3 is 11.9 Å². The Kier molecular flexibility index (Phi) is 16.2. The molecule has 10 heteroatoms. The van der Waals surface area contributed by atoms with Gasteiger partial charge in [-0.25, -0.2) is 0 Å². The molecule has 5 atom stereocenters.